The van der Waals surface area contributed by atoms with Crippen LogP contribution in [0.4, 0.5) is 8.78 Å². The molecule has 1 aromatic carbocycles. The van der Waals surface area contributed by atoms with Crippen LogP contribution in [0.15, 0.2) is 36.4 Å². The number of rotatable bonds is 2. The van der Waals surface area contributed by atoms with Crippen LogP contribution in [-0.2, 0) is 0 Å². The van der Waals surface area contributed by atoms with Gasteiger partial charge < -0.3 is 4.74 Å². The van der Waals surface area contributed by atoms with E-state index in [0.717, 1.165) is 18.2 Å². The molecular weight excluding hydrogens is 226 g/mol. The molecule has 84 valence electrons. The van der Waals surface area contributed by atoms with E-state index in [-0.39, 0.29) is 17.3 Å². The van der Waals surface area contributed by atoms with E-state index in [1.54, 1.807) is 0 Å². The Morgan fingerprint density at radius 3 is 2.76 bits per heavy atom. The van der Waals surface area contributed by atoms with Gasteiger partial charge in [0, 0.05) is 12.1 Å². The summed E-state index contributed by atoms with van der Waals surface area (Å²) in [4.78, 5) is 3.78. The zero-order valence-electron chi connectivity index (χ0n) is 8.52. The monoisotopic (exact) mass is 232 g/mol. The molecule has 0 amide bonds. The zero-order chi connectivity index (χ0) is 12.3. The highest BCUT2D eigenvalue weighted by Crippen LogP contribution is 2.23. The third-order valence-electron chi connectivity index (χ3n) is 1.95. The first-order valence-corrected chi connectivity index (χ1v) is 4.69. The summed E-state index contributed by atoms with van der Waals surface area (Å²) in [6, 6.07) is 9.15. The van der Waals surface area contributed by atoms with Crippen LogP contribution in [0.5, 0.6) is 11.6 Å². The number of halogens is 2. The highest BCUT2D eigenvalue weighted by atomic mass is 19.1. The second kappa shape index (κ2) is 4.58. The van der Waals surface area contributed by atoms with Gasteiger partial charge in [0.05, 0.1) is 0 Å². The molecule has 0 radical (unpaired) electrons. The fourth-order valence-corrected chi connectivity index (χ4v) is 1.20. The van der Waals surface area contributed by atoms with Gasteiger partial charge in [0.15, 0.2) is 11.6 Å². The lowest BCUT2D eigenvalue weighted by Gasteiger charge is -2.05. The van der Waals surface area contributed by atoms with E-state index >= 15 is 0 Å². The molecule has 2 rings (SSSR count). The van der Waals surface area contributed by atoms with E-state index in [1.165, 1.54) is 18.2 Å². The van der Waals surface area contributed by atoms with Crippen LogP contribution in [0.1, 0.15) is 5.69 Å². The third kappa shape index (κ3) is 2.55. The minimum absolute atomic E-state index is 0.0357. The van der Waals surface area contributed by atoms with E-state index in [1.807, 2.05) is 6.07 Å². The van der Waals surface area contributed by atoms with Crippen molar-refractivity contribution in [1.29, 1.82) is 5.26 Å². The summed E-state index contributed by atoms with van der Waals surface area (Å²) >= 11 is 0. The van der Waals surface area contributed by atoms with Crippen molar-refractivity contribution in [2.45, 2.75) is 0 Å². The lowest BCUT2D eigenvalue weighted by Crippen LogP contribution is -1.93. The maximum Gasteiger partial charge on any atom is 0.220 e. The first-order valence-electron chi connectivity index (χ1n) is 4.69. The lowest BCUT2D eigenvalue weighted by molar-refractivity contribution is 0.422. The van der Waals surface area contributed by atoms with Gasteiger partial charge in [-0.05, 0) is 18.2 Å². The van der Waals surface area contributed by atoms with Crippen LogP contribution in [-0.4, -0.2) is 4.98 Å². The summed E-state index contributed by atoms with van der Waals surface area (Å²) in [6.07, 6.45) is 0. The molecule has 0 unspecified atom stereocenters. The molecule has 0 bridgehead atoms. The quantitative estimate of drug-likeness (QED) is 0.799. The molecule has 0 aliphatic carbocycles. The molecular formula is C12H6F2N2O. The van der Waals surface area contributed by atoms with Crippen LogP contribution in [0.25, 0.3) is 0 Å². The van der Waals surface area contributed by atoms with Crippen LogP contribution in [0.3, 0.4) is 0 Å². The number of hydrogen-bond donors (Lipinski definition) is 0. The predicted molar refractivity (Wildman–Crippen MR) is 55.4 cm³/mol. The summed E-state index contributed by atoms with van der Waals surface area (Å²) < 4.78 is 31.2. The number of aromatic nitrogens is 1. The molecule has 17 heavy (non-hydrogen) atoms. The molecule has 3 nitrogen and oxygen atoms in total. The van der Waals surface area contributed by atoms with Crippen LogP contribution in [0, 0.1) is 23.0 Å². The largest absolute Gasteiger partial charge is 0.436 e. The number of ether oxygens (including phenoxy) is 1. The molecule has 0 spiro atoms. The van der Waals surface area contributed by atoms with Gasteiger partial charge in [-0.25, -0.2) is 13.8 Å². The number of nitrogens with zero attached hydrogens (tertiary/aromatic N) is 2. The van der Waals surface area contributed by atoms with Crippen LogP contribution < -0.4 is 4.74 Å². The molecule has 0 atom stereocenters. The van der Waals surface area contributed by atoms with E-state index in [0.29, 0.717) is 0 Å². The minimum atomic E-state index is -0.699. The second-order valence-corrected chi connectivity index (χ2v) is 3.15. The lowest BCUT2D eigenvalue weighted by atomic mass is 10.3. The van der Waals surface area contributed by atoms with Gasteiger partial charge in [-0.2, -0.15) is 5.26 Å². The Kier molecular flexibility index (Phi) is 2.97. The highest BCUT2D eigenvalue weighted by Gasteiger charge is 2.07. The van der Waals surface area contributed by atoms with Gasteiger partial charge in [0.1, 0.15) is 17.6 Å². The molecule has 0 fully saturated rings. The van der Waals surface area contributed by atoms with E-state index < -0.39 is 11.6 Å². The minimum Gasteiger partial charge on any atom is -0.436 e. The van der Waals surface area contributed by atoms with Gasteiger partial charge >= 0.3 is 0 Å². The number of nitriles is 1. The van der Waals surface area contributed by atoms with Crippen molar-refractivity contribution >= 4 is 0 Å². The highest BCUT2D eigenvalue weighted by molar-refractivity contribution is 5.31. The first-order chi connectivity index (χ1) is 8.19. The van der Waals surface area contributed by atoms with Gasteiger partial charge in [-0.15, -0.1) is 0 Å². The first kappa shape index (κ1) is 11.0. The van der Waals surface area contributed by atoms with Crippen molar-refractivity contribution in [2.24, 2.45) is 0 Å². The fraction of sp³-hybridized carbons (Fsp3) is 0. The summed E-state index contributed by atoms with van der Waals surface area (Å²) in [7, 11) is 0. The van der Waals surface area contributed by atoms with Crippen LogP contribution >= 0.6 is 0 Å². The summed E-state index contributed by atoms with van der Waals surface area (Å²) in [5.41, 5.74) is 0.138. The maximum atomic E-state index is 13.3. The topological polar surface area (TPSA) is 45.9 Å². The van der Waals surface area contributed by atoms with Crippen molar-refractivity contribution < 1.29 is 13.5 Å². The van der Waals surface area contributed by atoms with E-state index in [2.05, 4.69) is 4.98 Å². The summed E-state index contributed by atoms with van der Waals surface area (Å²) in [5, 5.41) is 8.62. The number of benzene rings is 1. The molecule has 0 aliphatic rings. The van der Waals surface area contributed by atoms with Gasteiger partial charge in [0.25, 0.3) is 0 Å². The fourth-order valence-electron chi connectivity index (χ4n) is 1.20. The predicted octanol–water partition coefficient (Wildman–Crippen LogP) is 3.02. The molecule has 0 saturated carbocycles. The summed E-state index contributed by atoms with van der Waals surface area (Å²) in [5.74, 6) is -1.55. The Morgan fingerprint density at radius 1 is 1.18 bits per heavy atom. The van der Waals surface area contributed by atoms with Crippen molar-refractivity contribution in [2.75, 3.05) is 0 Å². The average molecular weight is 232 g/mol. The Bertz CT molecular complexity index is 593. The molecule has 0 N–H and O–H groups in total. The Labute approximate surface area is 95.9 Å². The van der Waals surface area contributed by atoms with Crippen molar-refractivity contribution in [3.8, 4) is 17.7 Å². The molecule has 0 aliphatic heterocycles. The Balaban J connectivity index is 2.31. The molecule has 2 aromatic rings. The van der Waals surface area contributed by atoms with Crippen molar-refractivity contribution in [1.82, 2.24) is 4.98 Å². The third-order valence-corrected chi connectivity index (χ3v) is 1.95. The van der Waals surface area contributed by atoms with Crippen molar-refractivity contribution in [3.63, 3.8) is 0 Å². The Morgan fingerprint density at radius 2 is 2.00 bits per heavy atom. The number of hydrogen-bond acceptors (Lipinski definition) is 3. The van der Waals surface area contributed by atoms with Gasteiger partial charge in [-0.1, -0.05) is 6.07 Å². The smallest absolute Gasteiger partial charge is 0.220 e. The van der Waals surface area contributed by atoms with Crippen molar-refractivity contribution in [3.05, 3.63) is 53.7 Å². The number of pyridine rings is 1. The summed E-state index contributed by atoms with van der Waals surface area (Å²) in [6.45, 7) is 0. The molecule has 1 aromatic heterocycles. The average Bonchev–Trinajstić information content (AvgIpc) is 2.34. The molecule has 5 heteroatoms. The normalized spacial score (nSPS) is 9.71. The van der Waals surface area contributed by atoms with Gasteiger partial charge in [-0.3, -0.25) is 0 Å². The Hall–Kier alpha value is -2.48. The zero-order valence-corrected chi connectivity index (χ0v) is 8.52. The van der Waals surface area contributed by atoms with Crippen LogP contribution in [0.2, 0.25) is 0 Å². The second-order valence-electron chi connectivity index (χ2n) is 3.15. The SMILES string of the molecule is N#Cc1cccc(Oc2cc(F)ccc2F)n1. The van der Waals surface area contributed by atoms with E-state index in [9.17, 15) is 8.78 Å². The van der Waals surface area contributed by atoms with E-state index in [4.69, 9.17) is 10.00 Å². The van der Waals surface area contributed by atoms with Gasteiger partial charge in [0.2, 0.25) is 5.88 Å². The standard InChI is InChI=1S/C12H6F2N2O/c13-8-4-5-10(14)11(6-8)17-12-3-1-2-9(7-15)16-12/h1-6H. The molecule has 0 saturated heterocycles. The maximum absolute atomic E-state index is 13.3. The molecule has 1 heterocycles.